The standard InChI is InChI=1S/C12H12BrN3O3/c13-10-2-1-6(16(18)19)3-7(10)12(17)15-11-8-4-14-5-9(8)11/h1-3,8-9,11,14H,4-5H2,(H,15,17). The second-order valence-electron chi connectivity index (χ2n) is 4.91. The Morgan fingerprint density at radius 3 is 2.74 bits per heavy atom. The van der Waals surface area contributed by atoms with Crippen LogP contribution in [0.25, 0.3) is 0 Å². The van der Waals surface area contributed by atoms with Gasteiger partial charge in [0.1, 0.15) is 0 Å². The maximum absolute atomic E-state index is 12.1. The number of nitrogens with zero attached hydrogens (tertiary/aromatic N) is 1. The van der Waals surface area contributed by atoms with Crippen molar-refractivity contribution in [3.05, 3.63) is 38.3 Å². The summed E-state index contributed by atoms with van der Waals surface area (Å²) >= 11 is 3.26. The van der Waals surface area contributed by atoms with Gasteiger partial charge in [-0.2, -0.15) is 0 Å². The van der Waals surface area contributed by atoms with Crippen LogP contribution in [0.1, 0.15) is 10.4 Å². The van der Waals surface area contributed by atoms with E-state index in [4.69, 9.17) is 0 Å². The highest BCUT2D eigenvalue weighted by atomic mass is 79.9. The zero-order valence-corrected chi connectivity index (χ0v) is 11.5. The number of hydrogen-bond donors (Lipinski definition) is 2. The van der Waals surface area contributed by atoms with Gasteiger partial charge in [-0.25, -0.2) is 0 Å². The quantitative estimate of drug-likeness (QED) is 0.648. The van der Waals surface area contributed by atoms with Crippen LogP contribution >= 0.6 is 15.9 Å². The van der Waals surface area contributed by atoms with E-state index in [1.165, 1.54) is 18.2 Å². The third-order valence-electron chi connectivity index (χ3n) is 3.79. The van der Waals surface area contributed by atoms with Gasteiger partial charge in [-0.05, 0) is 33.8 Å². The van der Waals surface area contributed by atoms with Crippen molar-refractivity contribution in [3.8, 4) is 0 Å². The van der Waals surface area contributed by atoms with E-state index in [1.54, 1.807) is 0 Å². The molecule has 3 rings (SSSR count). The predicted molar refractivity (Wildman–Crippen MR) is 71.9 cm³/mol. The van der Waals surface area contributed by atoms with Crippen LogP contribution in [0.4, 0.5) is 5.69 Å². The van der Waals surface area contributed by atoms with Crippen molar-refractivity contribution >= 4 is 27.5 Å². The number of carbonyl (C=O) groups is 1. The molecular weight excluding hydrogens is 314 g/mol. The van der Waals surface area contributed by atoms with Crippen molar-refractivity contribution in [1.82, 2.24) is 10.6 Å². The number of fused-ring (bicyclic) bond motifs is 1. The number of piperidine rings is 1. The Kier molecular flexibility index (Phi) is 3.02. The number of nitrogens with one attached hydrogen (secondary N) is 2. The number of nitro groups is 1. The van der Waals surface area contributed by atoms with Gasteiger partial charge in [-0.1, -0.05) is 0 Å². The highest BCUT2D eigenvalue weighted by Gasteiger charge is 2.53. The Labute approximate surface area is 117 Å². The summed E-state index contributed by atoms with van der Waals surface area (Å²) in [5.74, 6) is 0.776. The molecule has 0 spiro atoms. The molecule has 1 saturated carbocycles. The number of hydrogen-bond acceptors (Lipinski definition) is 4. The Balaban J connectivity index is 1.75. The van der Waals surface area contributed by atoms with Gasteiger partial charge >= 0.3 is 0 Å². The number of benzene rings is 1. The molecule has 1 aliphatic heterocycles. The zero-order chi connectivity index (χ0) is 13.6. The average molecular weight is 326 g/mol. The number of rotatable bonds is 3. The molecule has 2 atom stereocenters. The molecule has 19 heavy (non-hydrogen) atoms. The Hall–Kier alpha value is -1.47. The van der Waals surface area contributed by atoms with Crippen LogP contribution in [0.3, 0.4) is 0 Å². The van der Waals surface area contributed by atoms with E-state index < -0.39 is 4.92 Å². The molecule has 100 valence electrons. The Bertz CT molecular complexity index is 553. The minimum atomic E-state index is -0.501. The third-order valence-corrected chi connectivity index (χ3v) is 4.49. The van der Waals surface area contributed by atoms with Crippen molar-refractivity contribution in [2.45, 2.75) is 6.04 Å². The van der Waals surface area contributed by atoms with Gasteiger partial charge in [0, 0.05) is 35.7 Å². The fourth-order valence-electron chi connectivity index (χ4n) is 2.66. The first kappa shape index (κ1) is 12.6. The fraction of sp³-hybridized carbons (Fsp3) is 0.417. The second-order valence-corrected chi connectivity index (χ2v) is 5.76. The molecule has 1 heterocycles. The Morgan fingerprint density at radius 2 is 2.11 bits per heavy atom. The van der Waals surface area contributed by atoms with Gasteiger partial charge in [0.25, 0.3) is 11.6 Å². The van der Waals surface area contributed by atoms with Gasteiger partial charge in [-0.3, -0.25) is 14.9 Å². The largest absolute Gasteiger partial charge is 0.349 e. The maximum atomic E-state index is 12.1. The fourth-order valence-corrected chi connectivity index (χ4v) is 3.09. The lowest BCUT2D eigenvalue weighted by Gasteiger charge is -2.09. The Morgan fingerprint density at radius 1 is 1.42 bits per heavy atom. The maximum Gasteiger partial charge on any atom is 0.270 e. The van der Waals surface area contributed by atoms with Crippen LogP contribution < -0.4 is 10.6 Å². The van der Waals surface area contributed by atoms with Gasteiger partial charge in [0.05, 0.1) is 10.5 Å². The van der Waals surface area contributed by atoms with Crippen molar-refractivity contribution < 1.29 is 9.72 Å². The first-order valence-corrected chi connectivity index (χ1v) is 6.83. The minimum absolute atomic E-state index is 0.0778. The monoisotopic (exact) mass is 325 g/mol. The third kappa shape index (κ3) is 2.23. The molecule has 1 amide bonds. The SMILES string of the molecule is O=C(NC1C2CNCC21)c1cc([N+](=O)[O-])ccc1Br. The normalized spacial score (nSPS) is 27.7. The van der Waals surface area contributed by atoms with E-state index >= 15 is 0 Å². The molecule has 2 fully saturated rings. The zero-order valence-electron chi connectivity index (χ0n) is 9.93. The van der Waals surface area contributed by atoms with Crippen LogP contribution in [0.5, 0.6) is 0 Å². The predicted octanol–water partition coefficient (Wildman–Crippen LogP) is 1.30. The summed E-state index contributed by atoms with van der Waals surface area (Å²) in [4.78, 5) is 22.4. The van der Waals surface area contributed by atoms with Crippen LogP contribution in [0, 0.1) is 22.0 Å². The van der Waals surface area contributed by atoms with Crippen LogP contribution in [0.15, 0.2) is 22.7 Å². The van der Waals surface area contributed by atoms with E-state index in [-0.39, 0.29) is 17.6 Å². The van der Waals surface area contributed by atoms with Crippen LogP contribution in [0.2, 0.25) is 0 Å². The number of carbonyl (C=O) groups excluding carboxylic acids is 1. The average Bonchev–Trinajstić information content (AvgIpc) is 2.83. The molecule has 7 heteroatoms. The smallest absolute Gasteiger partial charge is 0.270 e. The van der Waals surface area contributed by atoms with Gasteiger partial charge in [0.2, 0.25) is 0 Å². The van der Waals surface area contributed by atoms with E-state index in [1.807, 2.05) is 0 Å². The van der Waals surface area contributed by atoms with Crippen molar-refractivity contribution in [2.75, 3.05) is 13.1 Å². The molecule has 1 saturated heterocycles. The minimum Gasteiger partial charge on any atom is -0.349 e. The molecular formula is C12H12BrN3O3. The second kappa shape index (κ2) is 4.57. The molecule has 0 aromatic heterocycles. The van der Waals surface area contributed by atoms with E-state index in [2.05, 4.69) is 26.6 Å². The van der Waals surface area contributed by atoms with Crippen molar-refractivity contribution in [3.63, 3.8) is 0 Å². The molecule has 1 aliphatic carbocycles. The summed E-state index contributed by atoms with van der Waals surface area (Å²) in [6.07, 6.45) is 0. The highest BCUT2D eigenvalue weighted by molar-refractivity contribution is 9.10. The molecule has 2 N–H and O–H groups in total. The lowest BCUT2D eigenvalue weighted by atomic mass is 10.2. The highest BCUT2D eigenvalue weighted by Crippen LogP contribution is 2.41. The van der Waals surface area contributed by atoms with E-state index in [0.29, 0.717) is 21.9 Å². The molecule has 0 radical (unpaired) electrons. The van der Waals surface area contributed by atoms with E-state index in [0.717, 1.165) is 13.1 Å². The van der Waals surface area contributed by atoms with Crippen LogP contribution in [-0.2, 0) is 0 Å². The summed E-state index contributed by atoms with van der Waals surface area (Å²) in [7, 11) is 0. The van der Waals surface area contributed by atoms with Crippen LogP contribution in [-0.4, -0.2) is 30.0 Å². The van der Waals surface area contributed by atoms with Crippen molar-refractivity contribution in [2.24, 2.45) is 11.8 Å². The number of nitro benzene ring substituents is 1. The first-order valence-electron chi connectivity index (χ1n) is 6.03. The summed E-state index contributed by atoms with van der Waals surface area (Å²) in [6.45, 7) is 1.87. The summed E-state index contributed by atoms with van der Waals surface area (Å²) < 4.78 is 0.569. The summed E-state index contributed by atoms with van der Waals surface area (Å²) in [5, 5.41) is 16.9. The van der Waals surface area contributed by atoms with Gasteiger partial charge in [0.15, 0.2) is 0 Å². The molecule has 2 aliphatic rings. The summed E-state index contributed by atoms with van der Waals surface area (Å²) in [6, 6.07) is 4.41. The van der Waals surface area contributed by atoms with Gasteiger partial charge < -0.3 is 10.6 Å². The number of halogens is 1. The topological polar surface area (TPSA) is 84.3 Å². The first-order chi connectivity index (χ1) is 9.08. The molecule has 0 bridgehead atoms. The molecule has 2 unspecified atom stereocenters. The summed E-state index contributed by atoms with van der Waals surface area (Å²) in [5.41, 5.74) is 0.234. The molecule has 1 aromatic carbocycles. The molecule has 6 nitrogen and oxygen atoms in total. The molecule has 1 aromatic rings. The van der Waals surface area contributed by atoms with E-state index in [9.17, 15) is 14.9 Å². The lowest BCUT2D eigenvalue weighted by molar-refractivity contribution is -0.384. The number of amides is 1. The van der Waals surface area contributed by atoms with Gasteiger partial charge in [-0.15, -0.1) is 0 Å². The number of non-ortho nitro benzene ring substituents is 1. The van der Waals surface area contributed by atoms with Crippen molar-refractivity contribution in [1.29, 1.82) is 0 Å². The lowest BCUT2D eigenvalue weighted by Crippen LogP contribution is -2.32.